The lowest BCUT2D eigenvalue weighted by Gasteiger charge is -2.21. The van der Waals surface area contributed by atoms with Crippen LogP contribution < -0.4 is 5.43 Å². The molecule has 1 aliphatic heterocycles. The number of carbonyl (C=O) groups excluding carboxylic acids is 1. The molecule has 0 aromatic rings. The predicted molar refractivity (Wildman–Crippen MR) is 63.8 cm³/mol. The van der Waals surface area contributed by atoms with Gasteiger partial charge in [-0.15, -0.1) is 0 Å². The third-order valence-electron chi connectivity index (χ3n) is 2.73. The zero-order valence-corrected chi connectivity index (χ0v) is 10.9. The van der Waals surface area contributed by atoms with Gasteiger partial charge < -0.3 is 4.74 Å². The maximum Gasteiger partial charge on any atom is 0.321 e. The van der Waals surface area contributed by atoms with E-state index >= 15 is 0 Å². The fourth-order valence-electron chi connectivity index (χ4n) is 1.86. The molecule has 0 aromatic carbocycles. The highest BCUT2D eigenvalue weighted by Gasteiger charge is 2.22. The summed E-state index contributed by atoms with van der Waals surface area (Å²) < 4.78 is 5.22. The third kappa shape index (κ3) is 4.94. The van der Waals surface area contributed by atoms with E-state index in [4.69, 9.17) is 4.74 Å². The zero-order valence-electron chi connectivity index (χ0n) is 10.9. The van der Waals surface area contributed by atoms with Crippen LogP contribution in [-0.4, -0.2) is 36.2 Å². The Morgan fingerprint density at radius 3 is 2.69 bits per heavy atom. The SMILES string of the molecule is CCC1CCN(NCC(=O)OC(C)(C)C)C1. The fourth-order valence-corrected chi connectivity index (χ4v) is 1.86. The van der Waals surface area contributed by atoms with Crippen molar-refractivity contribution in [3.8, 4) is 0 Å². The van der Waals surface area contributed by atoms with Crippen molar-refractivity contribution in [2.24, 2.45) is 5.92 Å². The van der Waals surface area contributed by atoms with E-state index in [2.05, 4.69) is 17.4 Å². The van der Waals surface area contributed by atoms with Crippen LogP contribution in [0.3, 0.4) is 0 Å². The van der Waals surface area contributed by atoms with E-state index in [0.29, 0.717) is 0 Å². The molecule has 0 amide bonds. The molecule has 1 aliphatic rings. The normalized spacial score (nSPS) is 22.4. The van der Waals surface area contributed by atoms with Crippen LogP contribution in [0.1, 0.15) is 40.5 Å². The van der Waals surface area contributed by atoms with Crippen molar-refractivity contribution in [3.05, 3.63) is 0 Å². The molecular formula is C12H24N2O2. The standard InChI is InChI=1S/C12H24N2O2/c1-5-10-6-7-14(9-10)13-8-11(15)16-12(2,3)4/h10,13H,5-9H2,1-4H3. The minimum atomic E-state index is -0.393. The maximum atomic E-state index is 11.5. The molecule has 0 spiro atoms. The maximum absolute atomic E-state index is 11.5. The summed E-state index contributed by atoms with van der Waals surface area (Å²) in [5, 5.41) is 2.12. The van der Waals surface area contributed by atoms with Gasteiger partial charge in [0, 0.05) is 13.1 Å². The monoisotopic (exact) mass is 228 g/mol. The number of nitrogens with one attached hydrogen (secondary N) is 1. The molecule has 1 rings (SSSR count). The molecule has 1 heterocycles. The summed E-state index contributed by atoms with van der Waals surface area (Å²) in [5.74, 6) is 0.582. The Morgan fingerprint density at radius 1 is 1.50 bits per heavy atom. The van der Waals surface area contributed by atoms with Gasteiger partial charge in [-0.3, -0.25) is 4.79 Å². The molecule has 4 nitrogen and oxygen atoms in total. The van der Waals surface area contributed by atoms with E-state index in [1.165, 1.54) is 12.8 Å². The van der Waals surface area contributed by atoms with E-state index in [1.807, 2.05) is 20.8 Å². The molecule has 1 saturated heterocycles. The van der Waals surface area contributed by atoms with Crippen molar-refractivity contribution in [1.82, 2.24) is 10.4 Å². The first-order valence-electron chi connectivity index (χ1n) is 6.11. The molecule has 0 aromatic heterocycles. The summed E-state index contributed by atoms with van der Waals surface area (Å²) in [4.78, 5) is 11.5. The Morgan fingerprint density at radius 2 is 2.19 bits per heavy atom. The molecule has 1 unspecified atom stereocenters. The van der Waals surface area contributed by atoms with E-state index in [-0.39, 0.29) is 12.5 Å². The highest BCUT2D eigenvalue weighted by Crippen LogP contribution is 2.16. The third-order valence-corrected chi connectivity index (χ3v) is 2.73. The van der Waals surface area contributed by atoms with Gasteiger partial charge >= 0.3 is 5.97 Å². The number of hydrogen-bond acceptors (Lipinski definition) is 4. The van der Waals surface area contributed by atoms with Crippen LogP contribution in [0.15, 0.2) is 0 Å². The first kappa shape index (κ1) is 13.5. The van der Waals surface area contributed by atoms with Gasteiger partial charge in [0.1, 0.15) is 12.1 Å². The average Bonchev–Trinajstić information content (AvgIpc) is 2.59. The van der Waals surface area contributed by atoms with Crippen LogP contribution >= 0.6 is 0 Å². The Hall–Kier alpha value is -0.610. The van der Waals surface area contributed by atoms with Gasteiger partial charge in [0.15, 0.2) is 0 Å². The Kier molecular flexibility index (Phi) is 4.74. The van der Waals surface area contributed by atoms with Gasteiger partial charge in [-0.25, -0.2) is 10.4 Å². The lowest BCUT2D eigenvalue weighted by atomic mass is 10.1. The van der Waals surface area contributed by atoms with E-state index in [9.17, 15) is 4.79 Å². The lowest BCUT2D eigenvalue weighted by Crippen LogP contribution is -2.41. The topological polar surface area (TPSA) is 41.6 Å². The van der Waals surface area contributed by atoms with Gasteiger partial charge in [0.05, 0.1) is 0 Å². The number of carbonyl (C=O) groups is 1. The molecule has 0 saturated carbocycles. The minimum Gasteiger partial charge on any atom is -0.459 e. The average molecular weight is 228 g/mol. The Labute approximate surface area is 98.3 Å². The molecule has 1 fully saturated rings. The van der Waals surface area contributed by atoms with E-state index in [1.54, 1.807) is 0 Å². The van der Waals surface area contributed by atoms with Crippen LogP contribution in [0.25, 0.3) is 0 Å². The van der Waals surface area contributed by atoms with Crippen molar-refractivity contribution >= 4 is 5.97 Å². The molecule has 94 valence electrons. The van der Waals surface area contributed by atoms with Crippen molar-refractivity contribution in [1.29, 1.82) is 0 Å². The summed E-state index contributed by atoms with van der Waals surface area (Å²) in [6.07, 6.45) is 2.43. The summed E-state index contributed by atoms with van der Waals surface area (Å²) in [6.45, 7) is 10.2. The minimum absolute atomic E-state index is 0.188. The molecule has 1 atom stereocenters. The number of nitrogens with zero attached hydrogens (tertiary/aromatic N) is 1. The fraction of sp³-hybridized carbons (Fsp3) is 0.917. The largest absolute Gasteiger partial charge is 0.459 e. The molecule has 4 heteroatoms. The van der Waals surface area contributed by atoms with Gasteiger partial charge in [0.25, 0.3) is 0 Å². The van der Waals surface area contributed by atoms with Crippen LogP contribution in [0.5, 0.6) is 0 Å². The van der Waals surface area contributed by atoms with Crippen LogP contribution in [-0.2, 0) is 9.53 Å². The molecule has 0 bridgehead atoms. The zero-order chi connectivity index (χ0) is 12.2. The van der Waals surface area contributed by atoms with E-state index in [0.717, 1.165) is 19.0 Å². The van der Waals surface area contributed by atoms with Gasteiger partial charge in [0.2, 0.25) is 0 Å². The molecule has 1 N–H and O–H groups in total. The molecule has 0 aliphatic carbocycles. The molecule has 0 radical (unpaired) electrons. The second-order valence-corrected chi connectivity index (χ2v) is 5.43. The second-order valence-electron chi connectivity index (χ2n) is 5.43. The van der Waals surface area contributed by atoms with Crippen molar-refractivity contribution in [2.75, 3.05) is 19.6 Å². The van der Waals surface area contributed by atoms with E-state index < -0.39 is 5.60 Å². The Bertz CT molecular complexity index is 236. The van der Waals surface area contributed by atoms with Crippen LogP contribution in [0.4, 0.5) is 0 Å². The number of hydrogen-bond donors (Lipinski definition) is 1. The predicted octanol–water partition coefficient (Wildman–Crippen LogP) is 1.56. The number of rotatable bonds is 4. The van der Waals surface area contributed by atoms with Crippen molar-refractivity contribution in [2.45, 2.75) is 46.1 Å². The quantitative estimate of drug-likeness (QED) is 0.742. The van der Waals surface area contributed by atoms with Crippen LogP contribution in [0, 0.1) is 5.92 Å². The first-order chi connectivity index (χ1) is 7.40. The Balaban J connectivity index is 2.18. The highest BCUT2D eigenvalue weighted by atomic mass is 16.6. The summed E-state index contributed by atoms with van der Waals surface area (Å²) in [7, 11) is 0. The smallest absolute Gasteiger partial charge is 0.321 e. The first-order valence-corrected chi connectivity index (χ1v) is 6.11. The highest BCUT2D eigenvalue weighted by molar-refractivity contribution is 5.71. The summed E-state index contributed by atoms with van der Waals surface area (Å²) >= 11 is 0. The second kappa shape index (κ2) is 5.64. The van der Waals surface area contributed by atoms with Gasteiger partial charge in [-0.1, -0.05) is 13.3 Å². The van der Waals surface area contributed by atoms with Gasteiger partial charge in [-0.05, 0) is 33.1 Å². The number of hydrazine groups is 1. The summed E-state index contributed by atoms with van der Waals surface area (Å²) in [5.41, 5.74) is 2.73. The number of esters is 1. The van der Waals surface area contributed by atoms with Crippen LogP contribution in [0.2, 0.25) is 0 Å². The number of ether oxygens (including phenoxy) is 1. The van der Waals surface area contributed by atoms with Crippen molar-refractivity contribution in [3.63, 3.8) is 0 Å². The lowest BCUT2D eigenvalue weighted by molar-refractivity contribution is -0.154. The van der Waals surface area contributed by atoms with Gasteiger partial charge in [-0.2, -0.15) is 0 Å². The molecular weight excluding hydrogens is 204 g/mol. The molecule has 16 heavy (non-hydrogen) atoms. The van der Waals surface area contributed by atoms with Crippen molar-refractivity contribution < 1.29 is 9.53 Å². The summed E-state index contributed by atoms with van der Waals surface area (Å²) in [6, 6.07) is 0.